The van der Waals surface area contributed by atoms with Gasteiger partial charge in [0, 0.05) is 32.3 Å². The van der Waals surface area contributed by atoms with Gasteiger partial charge in [-0.05, 0) is 24.6 Å². The summed E-state index contributed by atoms with van der Waals surface area (Å²) >= 11 is 6.31. The number of imidazole rings is 1. The molecule has 188 valence electrons. The molecule has 4 aromatic rings. The Balaban J connectivity index is 1.45. The van der Waals surface area contributed by atoms with Crippen molar-refractivity contribution in [3.63, 3.8) is 0 Å². The van der Waals surface area contributed by atoms with Crippen molar-refractivity contribution in [2.75, 3.05) is 4.90 Å². The van der Waals surface area contributed by atoms with Crippen LogP contribution in [0, 0.1) is 5.82 Å². The van der Waals surface area contributed by atoms with E-state index < -0.39 is 17.7 Å². The van der Waals surface area contributed by atoms with Gasteiger partial charge < -0.3 is 4.57 Å². The van der Waals surface area contributed by atoms with Crippen molar-refractivity contribution in [2.24, 2.45) is 7.05 Å². The molecule has 1 aromatic carbocycles. The number of fused-ring (bicyclic) bond motifs is 1. The van der Waals surface area contributed by atoms with Gasteiger partial charge in [0.2, 0.25) is 5.91 Å². The van der Waals surface area contributed by atoms with Crippen LogP contribution in [-0.4, -0.2) is 35.0 Å². The van der Waals surface area contributed by atoms with Gasteiger partial charge in [0.1, 0.15) is 28.8 Å². The number of benzene rings is 1. The fraction of sp³-hybridized carbons (Fsp3) is 0.304. The minimum absolute atomic E-state index is 0.0519. The van der Waals surface area contributed by atoms with Crippen molar-refractivity contribution in [1.29, 1.82) is 0 Å². The van der Waals surface area contributed by atoms with E-state index in [0.717, 1.165) is 10.8 Å². The van der Waals surface area contributed by atoms with Crippen LogP contribution in [0.1, 0.15) is 24.6 Å². The third-order valence-corrected chi connectivity index (χ3v) is 6.27. The van der Waals surface area contributed by atoms with E-state index in [4.69, 9.17) is 11.6 Å². The van der Waals surface area contributed by atoms with E-state index in [0.29, 0.717) is 40.9 Å². The lowest BCUT2D eigenvalue weighted by atomic mass is 10.1. The molecular weight excluding hydrogens is 502 g/mol. The highest BCUT2D eigenvalue weighted by atomic mass is 35.5. The van der Waals surface area contributed by atoms with Gasteiger partial charge >= 0.3 is 6.18 Å². The van der Waals surface area contributed by atoms with Crippen LogP contribution in [0.5, 0.6) is 0 Å². The van der Waals surface area contributed by atoms with Gasteiger partial charge in [0.25, 0.3) is 0 Å². The molecule has 0 aliphatic carbocycles. The average Bonchev–Trinajstić information content (AvgIpc) is 3.52. The van der Waals surface area contributed by atoms with E-state index in [9.17, 15) is 18.0 Å². The molecular formula is C23H20ClF4N7O. The van der Waals surface area contributed by atoms with E-state index in [1.807, 2.05) is 6.92 Å². The number of hydrogen-bond acceptors (Lipinski definition) is 4. The predicted octanol–water partition coefficient (Wildman–Crippen LogP) is 4.92. The maximum atomic E-state index is 15.0. The summed E-state index contributed by atoms with van der Waals surface area (Å²) in [7, 11) is 1.37. The largest absolute Gasteiger partial charge is 0.434 e. The molecule has 0 N–H and O–H groups in total. The monoisotopic (exact) mass is 521 g/mol. The molecule has 1 aliphatic rings. The standard InChI is InChI=1S/C23H20ClF4N7O/c1-3-34-21(15(24)10-29-34)17-9-19-33(20(36)6-7-35(19)31-17)11-13-4-5-14(16(25)8-13)22-30-18(12-32(22)2)23(26,27)28/h4-5,8-10,12H,3,6-7,11H2,1-2H3. The maximum absolute atomic E-state index is 15.0. The number of nitrogens with zero attached hydrogens (tertiary/aromatic N) is 7. The molecule has 13 heteroatoms. The van der Waals surface area contributed by atoms with Gasteiger partial charge in [0.05, 0.1) is 29.9 Å². The lowest BCUT2D eigenvalue weighted by Gasteiger charge is -2.27. The minimum atomic E-state index is -4.64. The Kier molecular flexibility index (Phi) is 5.86. The number of rotatable bonds is 5. The summed E-state index contributed by atoms with van der Waals surface area (Å²) in [5.74, 6) is -0.517. The molecule has 4 heterocycles. The second-order valence-electron chi connectivity index (χ2n) is 8.37. The molecule has 0 fully saturated rings. The number of carbonyl (C=O) groups is 1. The Labute approximate surface area is 207 Å². The van der Waals surface area contributed by atoms with E-state index in [1.54, 1.807) is 21.5 Å². The van der Waals surface area contributed by atoms with Crippen LogP contribution < -0.4 is 4.90 Å². The quantitative estimate of drug-likeness (QED) is 0.350. The number of halogens is 5. The van der Waals surface area contributed by atoms with Gasteiger partial charge in [0.15, 0.2) is 5.69 Å². The number of alkyl halides is 3. The topological polar surface area (TPSA) is 73.8 Å². The second-order valence-corrected chi connectivity index (χ2v) is 8.78. The molecule has 5 rings (SSSR count). The number of aryl methyl sites for hydroxylation is 3. The van der Waals surface area contributed by atoms with Gasteiger partial charge in [-0.2, -0.15) is 23.4 Å². The molecule has 0 saturated carbocycles. The van der Waals surface area contributed by atoms with Crippen LogP contribution in [0.15, 0.2) is 36.7 Å². The summed E-state index contributed by atoms with van der Waals surface area (Å²) < 4.78 is 58.6. The molecule has 0 bridgehead atoms. The van der Waals surface area contributed by atoms with Crippen LogP contribution in [0.25, 0.3) is 22.8 Å². The zero-order valence-corrected chi connectivity index (χ0v) is 20.0. The number of amides is 1. The predicted molar refractivity (Wildman–Crippen MR) is 124 cm³/mol. The Morgan fingerprint density at radius 3 is 2.64 bits per heavy atom. The van der Waals surface area contributed by atoms with Crippen molar-refractivity contribution in [1.82, 2.24) is 29.1 Å². The number of anilines is 1. The normalized spacial score (nSPS) is 14.0. The van der Waals surface area contributed by atoms with Gasteiger partial charge in [-0.15, -0.1) is 0 Å². The first-order valence-electron chi connectivity index (χ1n) is 11.1. The van der Waals surface area contributed by atoms with Crippen molar-refractivity contribution in [3.05, 3.63) is 58.8 Å². The summed E-state index contributed by atoms with van der Waals surface area (Å²) in [5.41, 5.74) is 0.484. The van der Waals surface area contributed by atoms with Crippen LogP contribution in [0.2, 0.25) is 5.02 Å². The first-order valence-corrected chi connectivity index (χ1v) is 11.4. The van der Waals surface area contributed by atoms with Crippen molar-refractivity contribution < 1.29 is 22.4 Å². The third-order valence-electron chi connectivity index (χ3n) is 5.99. The second kappa shape index (κ2) is 8.77. The molecule has 3 aromatic heterocycles. The summed E-state index contributed by atoms with van der Waals surface area (Å²) in [6.45, 7) is 2.94. The van der Waals surface area contributed by atoms with E-state index in [-0.39, 0.29) is 30.3 Å². The van der Waals surface area contributed by atoms with Crippen molar-refractivity contribution >= 4 is 23.3 Å². The highest BCUT2D eigenvalue weighted by Gasteiger charge is 2.35. The Hall–Kier alpha value is -3.67. The zero-order valence-electron chi connectivity index (χ0n) is 19.2. The van der Waals surface area contributed by atoms with Gasteiger partial charge in [-0.1, -0.05) is 17.7 Å². The number of hydrogen-bond donors (Lipinski definition) is 0. The van der Waals surface area contributed by atoms with Crippen LogP contribution >= 0.6 is 11.6 Å². The third kappa shape index (κ3) is 4.15. The summed E-state index contributed by atoms with van der Waals surface area (Å²) in [4.78, 5) is 17.8. The smallest absolute Gasteiger partial charge is 0.333 e. The lowest BCUT2D eigenvalue weighted by Crippen LogP contribution is -2.36. The first kappa shape index (κ1) is 24.0. The van der Waals surface area contributed by atoms with Crippen molar-refractivity contribution in [3.8, 4) is 22.8 Å². The van der Waals surface area contributed by atoms with E-state index in [1.165, 1.54) is 30.3 Å². The number of aromatic nitrogens is 6. The molecule has 1 amide bonds. The highest BCUT2D eigenvalue weighted by molar-refractivity contribution is 6.32. The molecule has 36 heavy (non-hydrogen) atoms. The van der Waals surface area contributed by atoms with E-state index >= 15 is 4.39 Å². The zero-order chi connectivity index (χ0) is 25.8. The molecule has 0 atom stereocenters. The fourth-order valence-electron chi connectivity index (χ4n) is 4.27. The number of carbonyl (C=O) groups excluding carboxylic acids is 1. The molecule has 0 saturated heterocycles. The SMILES string of the molecule is CCn1ncc(Cl)c1-c1cc2n(n1)CCC(=O)N2Cc1ccc(-c2nc(C(F)(F)F)cn2C)c(F)c1. The molecule has 1 aliphatic heterocycles. The van der Waals surface area contributed by atoms with Crippen molar-refractivity contribution in [2.45, 2.75) is 39.2 Å². The Morgan fingerprint density at radius 2 is 1.97 bits per heavy atom. The summed E-state index contributed by atoms with van der Waals surface area (Å²) in [5, 5.41) is 9.26. The Bertz CT molecular complexity index is 1470. The Morgan fingerprint density at radius 1 is 1.19 bits per heavy atom. The van der Waals surface area contributed by atoms with Gasteiger partial charge in [-0.3, -0.25) is 14.4 Å². The molecule has 0 radical (unpaired) electrons. The molecule has 0 spiro atoms. The van der Waals surface area contributed by atoms with Crippen LogP contribution in [-0.2, 0) is 37.7 Å². The average molecular weight is 522 g/mol. The minimum Gasteiger partial charge on any atom is -0.333 e. The van der Waals surface area contributed by atoms with Crippen LogP contribution in [0.3, 0.4) is 0 Å². The first-order chi connectivity index (χ1) is 17.1. The molecule has 0 unspecified atom stereocenters. The fourth-order valence-corrected chi connectivity index (χ4v) is 4.51. The highest BCUT2D eigenvalue weighted by Crippen LogP contribution is 2.34. The van der Waals surface area contributed by atoms with E-state index in [2.05, 4.69) is 15.2 Å². The molecule has 8 nitrogen and oxygen atoms in total. The maximum Gasteiger partial charge on any atom is 0.434 e. The lowest BCUT2D eigenvalue weighted by molar-refractivity contribution is -0.140. The summed E-state index contributed by atoms with van der Waals surface area (Å²) in [6.07, 6.45) is -2.08. The van der Waals surface area contributed by atoms with Crippen LogP contribution in [0.4, 0.5) is 23.4 Å². The van der Waals surface area contributed by atoms with Gasteiger partial charge in [-0.25, -0.2) is 14.1 Å². The summed E-state index contributed by atoms with van der Waals surface area (Å²) in [6, 6.07) is 5.87.